The van der Waals surface area contributed by atoms with Crippen LogP contribution in [0.3, 0.4) is 0 Å². The van der Waals surface area contributed by atoms with Crippen molar-refractivity contribution >= 4 is 0 Å². The van der Waals surface area contributed by atoms with Gasteiger partial charge in [0, 0.05) is 18.0 Å². The molecule has 2 aromatic carbocycles. The SMILES string of the molecule is CCC(CC)N1CCC(Cc2noc(-c3ccc(-c4ccccc4)cc3)n2)CC1. The molecule has 0 N–H and O–H groups in total. The van der Waals surface area contributed by atoms with E-state index >= 15 is 0 Å². The van der Waals surface area contributed by atoms with Gasteiger partial charge in [-0.05, 0) is 68.0 Å². The van der Waals surface area contributed by atoms with Gasteiger partial charge in [0.25, 0.3) is 5.89 Å². The highest BCUT2D eigenvalue weighted by molar-refractivity contribution is 5.67. The summed E-state index contributed by atoms with van der Waals surface area (Å²) >= 11 is 0. The van der Waals surface area contributed by atoms with Gasteiger partial charge in [-0.3, -0.25) is 0 Å². The van der Waals surface area contributed by atoms with Crippen molar-refractivity contribution in [3.05, 3.63) is 60.4 Å². The van der Waals surface area contributed by atoms with Gasteiger partial charge in [0.1, 0.15) is 0 Å². The molecule has 1 fully saturated rings. The lowest BCUT2D eigenvalue weighted by atomic mass is 9.92. The fraction of sp³-hybridized carbons (Fsp3) is 0.440. The monoisotopic (exact) mass is 389 g/mol. The van der Waals surface area contributed by atoms with E-state index in [0.29, 0.717) is 11.8 Å². The number of piperidine rings is 1. The highest BCUT2D eigenvalue weighted by Gasteiger charge is 2.24. The van der Waals surface area contributed by atoms with Crippen LogP contribution in [0, 0.1) is 5.92 Å². The standard InChI is InChI=1S/C25H31N3O/c1-3-23(4-2)28-16-14-19(15-17-28)18-24-26-25(29-27-24)22-12-10-21(11-13-22)20-8-6-5-7-9-20/h5-13,19,23H,3-4,14-18H2,1-2H3. The number of rotatable bonds is 7. The van der Waals surface area contributed by atoms with E-state index in [2.05, 4.69) is 77.4 Å². The molecule has 3 aromatic rings. The van der Waals surface area contributed by atoms with E-state index in [1.807, 2.05) is 6.07 Å². The van der Waals surface area contributed by atoms with Gasteiger partial charge in [-0.25, -0.2) is 0 Å². The number of aromatic nitrogens is 2. The quantitative estimate of drug-likeness (QED) is 0.508. The van der Waals surface area contributed by atoms with Crippen molar-refractivity contribution in [2.75, 3.05) is 13.1 Å². The van der Waals surface area contributed by atoms with Crippen molar-refractivity contribution in [1.29, 1.82) is 0 Å². The van der Waals surface area contributed by atoms with Crippen LogP contribution in [0.1, 0.15) is 45.4 Å². The highest BCUT2D eigenvalue weighted by Crippen LogP contribution is 2.26. The van der Waals surface area contributed by atoms with Crippen molar-refractivity contribution < 1.29 is 4.52 Å². The zero-order valence-corrected chi connectivity index (χ0v) is 17.6. The lowest BCUT2D eigenvalue weighted by molar-refractivity contribution is 0.125. The van der Waals surface area contributed by atoms with E-state index in [-0.39, 0.29) is 0 Å². The van der Waals surface area contributed by atoms with E-state index in [1.165, 1.54) is 49.9 Å². The second kappa shape index (κ2) is 9.36. The highest BCUT2D eigenvalue weighted by atomic mass is 16.5. The summed E-state index contributed by atoms with van der Waals surface area (Å²) in [6.07, 6.45) is 5.87. The predicted octanol–water partition coefficient (Wildman–Crippen LogP) is 5.85. The van der Waals surface area contributed by atoms with E-state index < -0.39 is 0 Å². The van der Waals surface area contributed by atoms with Gasteiger partial charge >= 0.3 is 0 Å². The van der Waals surface area contributed by atoms with Gasteiger partial charge in [0.05, 0.1) is 0 Å². The van der Waals surface area contributed by atoms with Gasteiger partial charge in [-0.1, -0.05) is 61.5 Å². The Morgan fingerprint density at radius 2 is 1.52 bits per heavy atom. The molecule has 2 heterocycles. The number of hydrogen-bond acceptors (Lipinski definition) is 4. The molecule has 29 heavy (non-hydrogen) atoms. The summed E-state index contributed by atoms with van der Waals surface area (Å²) in [6.45, 7) is 6.99. The molecule has 1 aliphatic heterocycles. The minimum Gasteiger partial charge on any atom is -0.334 e. The molecule has 0 bridgehead atoms. The van der Waals surface area contributed by atoms with Crippen LogP contribution in [-0.4, -0.2) is 34.2 Å². The van der Waals surface area contributed by atoms with Crippen molar-refractivity contribution in [1.82, 2.24) is 15.0 Å². The van der Waals surface area contributed by atoms with Crippen molar-refractivity contribution in [3.8, 4) is 22.6 Å². The third-order valence-electron chi connectivity index (χ3n) is 6.29. The van der Waals surface area contributed by atoms with Crippen LogP contribution >= 0.6 is 0 Å². The molecular weight excluding hydrogens is 358 g/mol. The van der Waals surface area contributed by atoms with Crippen LogP contribution in [0.5, 0.6) is 0 Å². The van der Waals surface area contributed by atoms with Crippen LogP contribution in [0.2, 0.25) is 0 Å². The molecule has 1 aliphatic rings. The van der Waals surface area contributed by atoms with Crippen molar-refractivity contribution in [3.63, 3.8) is 0 Å². The summed E-state index contributed by atoms with van der Waals surface area (Å²) in [5.41, 5.74) is 3.38. The Labute approximate surface area is 173 Å². The minimum absolute atomic E-state index is 0.620. The lowest BCUT2D eigenvalue weighted by Gasteiger charge is -2.36. The van der Waals surface area contributed by atoms with Crippen LogP contribution in [0.15, 0.2) is 59.1 Å². The molecular formula is C25H31N3O. The molecule has 0 aliphatic carbocycles. The summed E-state index contributed by atoms with van der Waals surface area (Å²) in [5, 5.41) is 4.25. The molecule has 0 atom stereocenters. The third kappa shape index (κ3) is 4.76. The maximum Gasteiger partial charge on any atom is 0.257 e. The van der Waals surface area contributed by atoms with E-state index in [4.69, 9.17) is 4.52 Å². The normalized spacial score (nSPS) is 15.8. The smallest absolute Gasteiger partial charge is 0.257 e. The summed E-state index contributed by atoms with van der Waals surface area (Å²) < 4.78 is 5.56. The van der Waals surface area contributed by atoms with Crippen molar-refractivity contribution in [2.45, 2.75) is 52.0 Å². The molecule has 1 saturated heterocycles. The Morgan fingerprint density at radius 3 is 2.17 bits per heavy atom. The average Bonchev–Trinajstić information content (AvgIpc) is 3.25. The van der Waals surface area contributed by atoms with Crippen LogP contribution in [0.4, 0.5) is 0 Å². The van der Waals surface area contributed by atoms with E-state index in [1.54, 1.807) is 0 Å². The molecule has 1 aromatic heterocycles. The second-order valence-corrected chi connectivity index (χ2v) is 8.11. The predicted molar refractivity (Wildman–Crippen MR) is 118 cm³/mol. The average molecular weight is 390 g/mol. The summed E-state index contributed by atoms with van der Waals surface area (Å²) in [6, 6.07) is 19.5. The molecule has 4 heteroatoms. The Morgan fingerprint density at radius 1 is 0.897 bits per heavy atom. The summed E-state index contributed by atoms with van der Waals surface area (Å²) in [4.78, 5) is 7.33. The van der Waals surface area contributed by atoms with E-state index in [0.717, 1.165) is 23.9 Å². The molecule has 0 amide bonds. The number of hydrogen-bond donors (Lipinski definition) is 0. The number of nitrogens with zero attached hydrogens (tertiary/aromatic N) is 3. The van der Waals surface area contributed by atoms with Gasteiger partial charge in [-0.15, -0.1) is 0 Å². The fourth-order valence-electron chi connectivity index (χ4n) is 4.48. The van der Waals surface area contributed by atoms with Crippen LogP contribution in [-0.2, 0) is 6.42 Å². The van der Waals surface area contributed by atoms with Crippen LogP contribution < -0.4 is 0 Å². The molecule has 4 nitrogen and oxygen atoms in total. The molecule has 4 rings (SSSR count). The zero-order valence-electron chi connectivity index (χ0n) is 17.6. The van der Waals surface area contributed by atoms with E-state index in [9.17, 15) is 0 Å². The lowest BCUT2D eigenvalue weighted by Crippen LogP contribution is -2.41. The molecule has 0 radical (unpaired) electrons. The topological polar surface area (TPSA) is 42.2 Å². The minimum atomic E-state index is 0.620. The number of likely N-dealkylation sites (tertiary alicyclic amines) is 1. The third-order valence-corrected chi connectivity index (χ3v) is 6.29. The maximum atomic E-state index is 5.56. The van der Waals surface area contributed by atoms with Gasteiger partial charge < -0.3 is 9.42 Å². The fourth-order valence-corrected chi connectivity index (χ4v) is 4.48. The summed E-state index contributed by atoms with van der Waals surface area (Å²) in [5.74, 6) is 2.12. The molecule has 152 valence electrons. The molecule has 0 saturated carbocycles. The first-order valence-corrected chi connectivity index (χ1v) is 11.0. The van der Waals surface area contributed by atoms with Gasteiger partial charge in [0.2, 0.25) is 0 Å². The maximum absolute atomic E-state index is 5.56. The Balaban J connectivity index is 1.35. The Kier molecular flexibility index (Phi) is 6.40. The number of benzene rings is 2. The first kappa shape index (κ1) is 19.8. The first-order valence-electron chi connectivity index (χ1n) is 11.0. The van der Waals surface area contributed by atoms with Crippen molar-refractivity contribution in [2.24, 2.45) is 5.92 Å². The van der Waals surface area contributed by atoms with Gasteiger partial charge in [0.15, 0.2) is 5.82 Å². The molecule has 0 unspecified atom stereocenters. The van der Waals surface area contributed by atoms with Gasteiger partial charge in [-0.2, -0.15) is 4.98 Å². The van der Waals surface area contributed by atoms with Crippen LogP contribution in [0.25, 0.3) is 22.6 Å². The summed E-state index contributed by atoms with van der Waals surface area (Å²) in [7, 11) is 0. The molecule has 0 spiro atoms. The first-order chi connectivity index (χ1) is 14.3. The largest absolute Gasteiger partial charge is 0.334 e. The zero-order chi connectivity index (χ0) is 20.1. The Hall–Kier alpha value is -2.46. The Bertz CT molecular complexity index is 876. The second-order valence-electron chi connectivity index (χ2n) is 8.11.